The van der Waals surface area contributed by atoms with Crippen LogP contribution in [-0.4, -0.2) is 105 Å². The summed E-state index contributed by atoms with van der Waals surface area (Å²) in [5.41, 5.74) is -0.438. The zero-order valence-corrected chi connectivity index (χ0v) is 18.6. The van der Waals surface area contributed by atoms with Gasteiger partial charge in [0.25, 0.3) is 0 Å². The molecular formula is C20H21N7O9. The third kappa shape index (κ3) is 4.40. The number of hydrogen-bond donors (Lipinski definition) is 6. The number of aliphatic imine (C=N–C) groups is 1. The highest BCUT2D eigenvalue weighted by molar-refractivity contribution is 6.09. The molecule has 0 unspecified atom stereocenters. The maximum absolute atomic E-state index is 12.4. The monoisotopic (exact) mass is 503 g/mol. The largest absolute Gasteiger partial charge is 0.515 e. The maximum atomic E-state index is 12.4. The van der Waals surface area contributed by atoms with Gasteiger partial charge in [0, 0.05) is 6.21 Å². The molecule has 4 atom stereocenters. The first-order chi connectivity index (χ1) is 17.3. The van der Waals surface area contributed by atoms with Gasteiger partial charge >= 0.3 is 11.9 Å². The van der Waals surface area contributed by atoms with Gasteiger partial charge in [0.2, 0.25) is 0 Å². The van der Waals surface area contributed by atoms with Crippen molar-refractivity contribution in [2.45, 2.75) is 31.5 Å². The summed E-state index contributed by atoms with van der Waals surface area (Å²) < 4.78 is 11.8. The number of aliphatic hydroxyl groups excluding tert-OH is 4. The first-order valence-corrected chi connectivity index (χ1v) is 10.5. The number of carboxylic acids is 1. The van der Waals surface area contributed by atoms with E-state index in [4.69, 9.17) is 19.7 Å². The number of hydrogen-bond acceptors (Lipinski definition) is 13. The predicted octanol–water partition coefficient (Wildman–Crippen LogP) is -0.767. The van der Waals surface area contributed by atoms with Crippen molar-refractivity contribution in [3.8, 4) is 11.5 Å². The molecule has 1 aliphatic heterocycles. The molecular weight excluding hydrogens is 482 g/mol. The van der Waals surface area contributed by atoms with Crippen LogP contribution < -0.4 is 0 Å². The van der Waals surface area contributed by atoms with Crippen molar-refractivity contribution in [1.82, 2.24) is 29.7 Å². The van der Waals surface area contributed by atoms with Gasteiger partial charge in [-0.25, -0.2) is 29.5 Å². The number of ether oxygens (including phenoxy) is 2. The number of esters is 1. The average Bonchev–Trinajstić information content (AvgIpc) is 3.57. The van der Waals surface area contributed by atoms with Crippen LogP contribution in [0, 0.1) is 0 Å². The minimum atomic E-state index is -1.46. The minimum Gasteiger partial charge on any atom is -0.515 e. The van der Waals surface area contributed by atoms with Gasteiger partial charge in [0.15, 0.2) is 29.0 Å². The normalized spacial score (nSPS) is 22.5. The summed E-state index contributed by atoms with van der Waals surface area (Å²) in [5.74, 6) is -2.44. The van der Waals surface area contributed by atoms with Gasteiger partial charge in [-0.15, -0.1) is 0 Å². The van der Waals surface area contributed by atoms with E-state index in [1.165, 1.54) is 17.1 Å². The molecule has 1 aliphatic rings. The van der Waals surface area contributed by atoms with Crippen LogP contribution in [0.2, 0.25) is 0 Å². The van der Waals surface area contributed by atoms with Crippen LogP contribution in [0.5, 0.6) is 0 Å². The number of carboxylic acid groups (broad SMARTS) is 1. The zero-order valence-electron chi connectivity index (χ0n) is 18.6. The van der Waals surface area contributed by atoms with Gasteiger partial charge in [-0.1, -0.05) is 0 Å². The molecule has 1 saturated heterocycles. The molecule has 0 amide bonds. The van der Waals surface area contributed by atoms with E-state index in [1.54, 1.807) is 6.92 Å². The van der Waals surface area contributed by atoms with Crippen LogP contribution in [0.3, 0.4) is 0 Å². The summed E-state index contributed by atoms with van der Waals surface area (Å²) in [7, 11) is 0. The van der Waals surface area contributed by atoms with Gasteiger partial charge in [-0.3, -0.25) is 9.67 Å². The number of aromatic amines is 1. The van der Waals surface area contributed by atoms with E-state index >= 15 is 0 Å². The second kappa shape index (κ2) is 10.2. The Morgan fingerprint density at radius 2 is 2.08 bits per heavy atom. The van der Waals surface area contributed by atoms with Crippen LogP contribution in [0.25, 0.3) is 22.7 Å². The highest BCUT2D eigenvalue weighted by Crippen LogP contribution is 2.34. The fourth-order valence-electron chi connectivity index (χ4n) is 3.49. The smallest absolute Gasteiger partial charge is 0.342 e. The standard InChI is InChI=1S/C20H21N7O9/c1-2-35-20(34)9-4-23-26-11(9)16-24-15(21-3-8(5-28)19(32)33)12-17(25-16)27(7-22-12)18-14(31)13(30)10(6-29)36-18/h3-5,7,10,13-14,18,28-31H,2,6H2,1H3,(H,23,26)(H,32,33)/t10-,13-,14-,18-/m1/s1. The lowest BCUT2D eigenvalue weighted by Gasteiger charge is -2.16. The van der Waals surface area contributed by atoms with E-state index in [0.717, 1.165) is 6.21 Å². The second-order valence-electron chi connectivity index (χ2n) is 7.45. The van der Waals surface area contributed by atoms with Gasteiger partial charge in [-0.05, 0) is 6.92 Å². The van der Waals surface area contributed by atoms with Crippen LogP contribution in [0.15, 0.2) is 29.4 Å². The molecule has 6 N–H and O–H groups in total. The lowest BCUT2D eigenvalue weighted by Crippen LogP contribution is -2.33. The number of rotatable bonds is 8. The van der Waals surface area contributed by atoms with Gasteiger partial charge in [0.1, 0.15) is 35.1 Å². The van der Waals surface area contributed by atoms with Gasteiger partial charge in [0.05, 0.1) is 32.0 Å². The number of nitrogens with one attached hydrogen (secondary N) is 1. The Balaban J connectivity index is 1.89. The summed E-state index contributed by atoms with van der Waals surface area (Å²) in [6.07, 6.45) is -1.52. The molecule has 16 heteroatoms. The van der Waals surface area contributed by atoms with Crippen molar-refractivity contribution in [3.63, 3.8) is 0 Å². The van der Waals surface area contributed by atoms with Crippen molar-refractivity contribution in [2.75, 3.05) is 13.2 Å². The van der Waals surface area contributed by atoms with E-state index in [0.29, 0.717) is 6.26 Å². The highest BCUT2D eigenvalue weighted by atomic mass is 16.6. The van der Waals surface area contributed by atoms with E-state index in [2.05, 4.69) is 30.1 Å². The van der Waals surface area contributed by atoms with Crippen molar-refractivity contribution in [2.24, 2.45) is 4.99 Å². The number of carbonyl (C=O) groups is 2. The number of aromatic nitrogens is 6. The van der Waals surface area contributed by atoms with E-state index < -0.39 is 48.7 Å². The maximum Gasteiger partial charge on any atom is 0.342 e. The number of H-pyrrole nitrogens is 1. The molecule has 190 valence electrons. The number of nitrogens with zero attached hydrogens (tertiary/aromatic N) is 6. The Bertz CT molecular complexity index is 1350. The molecule has 0 saturated carbocycles. The lowest BCUT2D eigenvalue weighted by molar-refractivity contribution is -0.132. The molecule has 1 fully saturated rings. The number of aliphatic carboxylic acids is 1. The quantitative estimate of drug-likeness (QED) is 0.0959. The van der Waals surface area contributed by atoms with Gasteiger partial charge < -0.3 is 35.0 Å². The molecule has 0 spiro atoms. The Kier molecular flexibility index (Phi) is 7.02. The summed E-state index contributed by atoms with van der Waals surface area (Å²) in [4.78, 5) is 40.4. The Morgan fingerprint density at radius 3 is 2.72 bits per heavy atom. The molecule has 0 radical (unpaired) electrons. The van der Waals surface area contributed by atoms with Gasteiger partial charge in [-0.2, -0.15) is 5.10 Å². The van der Waals surface area contributed by atoms with E-state index in [-0.39, 0.29) is 40.7 Å². The fourth-order valence-corrected chi connectivity index (χ4v) is 3.49. The van der Waals surface area contributed by atoms with Crippen molar-refractivity contribution < 1.29 is 44.6 Å². The Morgan fingerprint density at radius 1 is 1.31 bits per heavy atom. The summed E-state index contributed by atoms with van der Waals surface area (Å²) >= 11 is 0. The third-order valence-corrected chi connectivity index (χ3v) is 5.26. The molecule has 4 rings (SSSR count). The Hall–Kier alpha value is -4.25. The van der Waals surface area contributed by atoms with Crippen LogP contribution in [0.1, 0.15) is 23.5 Å². The molecule has 0 bridgehead atoms. The lowest BCUT2D eigenvalue weighted by atomic mass is 10.1. The second-order valence-corrected chi connectivity index (χ2v) is 7.45. The van der Waals surface area contributed by atoms with Crippen LogP contribution >= 0.6 is 0 Å². The summed E-state index contributed by atoms with van der Waals surface area (Å²) in [5, 5.41) is 54.8. The van der Waals surface area contributed by atoms with Crippen molar-refractivity contribution >= 4 is 35.1 Å². The topological polar surface area (TPSA) is 238 Å². The minimum absolute atomic E-state index is 0.00610. The molecule has 16 nitrogen and oxygen atoms in total. The molecule has 36 heavy (non-hydrogen) atoms. The van der Waals surface area contributed by atoms with Crippen molar-refractivity contribution in [3.05, 3.63) is 29.9 Å². The Labute approximate surface area is 201 Å². The van der Waals surface area contributed by atoms with Crippen LogP contribution in [-0.2, 0) is 14.3 Å². The first kappa shape index (κ1) is 24.9. The first-order valence-electron chi connectivity index (χ1n) is 10.5. The molecule has 4 heterocycles. The average molecular weight is 503 g/mol. The van der Waals surface area contributed by atoms with Crippen LogP contribution in [0.4, 0.5) is 5.82 Å². The molecule has 0 aromatic carbocycles. The van der Waals surface area contributed by atoms with E-state index in [1.807, 2.05) is 0 Å². The molecule has 3 aromatic heterocycles. The molecule has 3 aromatic rings. The SMILES string of the molecule is CCOC(=O)c1cn[nH]c1-c1nc(N=CC(=CO)C(=O)O)c2ncn([C@@H]3O[C@H](CO)[C@@H](O)[C@H]3O)c2n1. The number of carbonyl (C=O) groups excluding carboxylic acids is 1. The summed E-state index contributed by atoms with van der Waals surface area (Å²) in [6, 6.07) is 0. The fraction of sp³-hybridized carbons (Fsp3) is 0.350. The zero-order chi connectivity index (χ0) is 26.0. The molecule has 0 aliphatic carbocycles. The van der Waals surface area contributed by atoms with E-state index in [9.17, 15) is 24.9 Å². The highest BCUT2D eigenvalue weighted by Gasteiger charge is 2.44. The van der Waals surface area contributed by atoms with Crippen molar-refractivity contribution in [1.29, 1.82) is 0 Å². The predicted molar refractivity (Wildman–Crippen MR) is 118 cm³/mol. The summed E-state index contributed by atoms with van der Waals surface area (Å²) in [6.45, 7) is 1.17. The number of imidazole rings is 1. The number of fused-ring (bicyclic) bond motifs is 1. The third-order valence-electron chi connectivity index (χ3n) is 5.26. The number of aliphatic hydroxyl groups is 4.